The van der Waals surface area contributed by atoms with E-state index in [1.54, 1.807) is 4.68 Å². The normalized spacial score (nSPS) is 13.5. The van der Waals surface area contributed by atoms with Crippen molar-refractivity contribution < 1.29 is 0 Å². The number of aryl methyl sites for hydroxylation is 2. The van der Waals surface area contributed by atoms with Gasteiger partial charge in [0.2, 0.25) is 0 Å². The standard InChI is InChI=1S/C9H7ClN4/c10-7-3-1-2-6-4-5-8-11-12-13-14(8)9(6)7/h1-3H,4-5H2. The summed E-state index contributed by atoms with van der Waals surface area (Å²) in [6.07, 6.45) is 1.83. The molecule has 0 saturated carbocycles. The Morgan fingerprint density at radius 2 is 2.21 bits per heavy atom. The Bertz CT molecular complexity index is 491. The van der Waals surface area contributed by atoms with E-state index in [2.05, 4.69) is 21.6 Å². The van der Waals surface area contributed by atoms with Gasteiger partial charge in [0, 0.05) is 6.42 Å². The van der Waals surface area contributed by atoms with Crippen LogP contribution in [0.25, 0.3) is 5.69 Å². The molecular weight excluding hydrogens is 200 g/mol. The lowest BCUT2D eigenvalue weighted by atomic mass is 10.0. The van der Waals surface area contributed by atoms with Gasteiger partial charge in [0.15, 0.2) is 5.82 Å². The molecular formula is C9H7ClN4. The second kappa shape index (κ2) is 2.78. The smallest absolute Gasteiger partial charge is 0.157 e. The van der Waals surface area contributed by atoms with Gasteiger partial charge in [-0.1, -0.05) is 23.7 Å². The minimum absolute atomic E-state index is 0.704. The largest absolute Gasteiger partial charge is 0.196 e. The molecule has 3 rings (SSSR count). The predicted octanol–water partition coefficient (Wildman–Crippen LogP) is 1.41. The van der Waals surface area contributed by atoms with Crippen LogP contribution in [0.4, 0.5) is 0 Å². The molecule has 1 aliphatic rings. The number of hydrogen-bond acceptors (Lipinski definition) is 3. The maximum absolute atomic E-state index is 6.11. The zero-order valence-electron chi connectivity index (χ0n) is 7.31. The van der Waals surface area contributed by atoms with Gasteiger partial charge in [0.1, 0.15) is 0 Å². The van der Waals surface area contributed by atoms with Crippen molar-refractivity contribution >= 4 is 11.6 Å². The van der Waals surface area contributed by atoms with E-state index in [0.717, 1.165) is 24.4 Å². The Hall–Kier alpha value is -1.42. The van der Waals surface area contributed by atoms with Gasteiger partial charge in [-0.2, -0.15) is 4.68 Å². The molecule has 0 fully saturated rings. The summed E-state index contributed by atoms with van der Waals surface area (Å²) in [4.78, 5) is 0. The van der Waals surface area contributed by atoms with Crippen molar-refractivity contribution in [2.45, 2.75) is 12.8 Å². The first-order chi connectivity index (χ1) is 6.86. The van der Waals surface area contributed by atoms with Gasteiger partial charge >= 0.3 is 0 Å². The molecule has 0 amide bonds. The van der Waals surface area contributed by atoms with E-state index in [4.69, 9.17) is 11.6 Å². The van der Waals surface area contributed by atoms with Crippen molar-refractivity contribution in [1.29, 1.82) is 0 Å². The van der Waals surface area contributed by atoms with E-state index in [0.29, 0.717) is 5.02 Å². The minimum atomic E-state index is 0.704. The number of benzene rings is 1. The first kappa shape index (κ1) is 7.94. The van der Waals surface area contributed by atoms with E-state index in [-0.39, 0.29) is 0 Å². The lowest BCUT2D eigenvalue weighted by molar-refractivity contribution is 0.711. The quantitative estimate of drug-likeness (QED) is 0.655. The fourth-order valence-electron chi connectivity index (χ4n) is 1.78. The summed E-state index contributed by atoms with van der Waals surface area (Å²) in [6, 6.07) is 5.87. The maximum Gasteiger partial charge on any atom is 0.157 e. The molecule has 0 saturated heterocycles. The molecule has 0 N–H and O–H groups in total. The monoisotopic (exact) mass is 206 g/mol. The average Bonchev–Trinajstić information content (AvgIpc) is 2.65. The second-order valence-electron chi connectivity index (χ2n) is 3.25. The molecule has 4 nitrogen and oxygen atoms in total. The lowest BCUT2D eigenvalue weighted by Gasteiger charge is -2.16. The Morgan fingerprint density at radius 1 is 1.29 bits per heavy atom. The molecule has 0 radical (unpaired) electrons. The number of rotatable bonds is 0. The van der Waals surface area contributed by atoms with E-state index in [1.165, 1.54) is 5.56 Å². The SMILES string of the molecule is Clc1cccc2c1-n1nnnc1CC2. The number of tetrazole rings is 1. The van der Waals surface area contributed by atoms with E-state index >= 15 is 0 Å². The highest BCUT2D eigenvalue weighted by molar-refractivity contribution is 6.32. The number of fused-ring (bicyclic) bond motifs is 3. The maximum atomic E-state index is 6.11. The van der Waals surface area contributed by atoms with E-state index in [9.17, 15) is 0 Å². The third-order valence-corrected chi connectivity index (χ3v) is 2.74. The van der Waals surface area contributed by atoms with Gasteiger partial charge < -0.3 is 0 Å². The van der Waals surface area contributed by atoms with Crippen molar-refractivity contribution in [3.8, 4) is 5.69 Å². The Labute approximate surface area is 85.5 Å². The minimum Gasteiger partial charge on any atom is -0.196 e. The Morgan fingerprint density at radius 3 is 3.14 bits per heavy atom. The molecule has 14 heavy (non-hydrogen) atoms. The molecule has 0 unspecified atom stereocenters. The summed E-state index contributed by atoms with van der Waals surface area (Å²) in [6.45, 7) is 0. The van der Waals surface area contributed by atoms with Crippen molar-refractivity contribution in [2.75, 3.05) is 0 Å². The van der Waals surface area contributed by atoms with Crippen molar-refractivity contribution in [2.24, 2.45) is 0 Å². The fourth-order valence-corrected chi connectivity index (χ4v) is 2.05. The summed E-state index contributed by atoms with van der Waals surface area (Å²) < 4.78 is 1.72. The van der Waals surface area contributed by atoms with Crippen molar-refractivity contribution in [1.82, 2.24) is 20.2 Å². The molecule has 0 atom stereocenters. The van der Waals surface area contributed by atoms with Crippen LogP contribution in [-0.2, 0) is 12.8 Å². The Kier molecular flexibility index (Phi) is 1.58. The molecule has 0 aliphatic carbocycles. The predicted molar refractivity (Wildman–Crippen MR) is 51.6 cm³/mol. The zero-order valence-corrected chi connectivity index (χ0v) is 8.07. The molecule has 1 aromatic carbocycles. The van der Waals surface area contributed by atoms with Crippen LogP contribution in [0.3, 0.4) is 0 Å². The van der Waals surface area contributed by atoms with Gasteiger partial charge in [-0.05, 0) is 28.5 Å². The highest BCUT2D eigenvalue weighted by Gasteiger charge is 2.20. The Balaban J connectivity index is 2.34. The van der Waals surface area contributed by atoms with Crippen LogP contribution < -0.4 is 0 Å². The number of aromatic nitrogens is 4. The van der Waals surface area contributed by atoms with Crippen LogP contribution in [0.15, 0.2) is 18.2 Å². The average molecular weight is 207 g/mol. The third-order valence-electron chi connectivity index (χ3n) is 2.43. The number of halogens is 1. The van der Waals surface area contributed by atoms with Crippen LogP contribution in [0, 0.1) is 0 Å². The van der Waals surface area contributed by atoms with Crippen molar-refractivity contribution in [3.63, 3.8) is 0 Å². The molecule has 0 bridgehead atoms. The molecule has 0 spiro atoms. The van der Waals surface area contributed by atoms with Crippen molar-refractivity contribution in [3.05, 3.63) is 34.6 Å². The fraction of sp³-hybridized carbons (Fsp3) is 0.222. The van der Waals surface area contributed by atoms with Gasteiger partial charge in [-0.25, -0.2) is 0 Å². The number of hydrogen-bond donors (Lipinski definition) is 0. The summed E-state index contributed by atoms with van der Waals surface area (Å²) in [5.41, 5.74) is 2.14. The topological polar surface area (TPSA) is 43.6 Å². The molecule has 2 heterocycles. The molecule has 5 heteroatoms. The van der Waals surface area contributed by atoms with Crippen LogP contribution in [-0.4, -0.2) is 20.2 Å². The molecule has 70 valence electrons. The van der Waals surface area contributed by atoms with Crippen LogP contribution >= 0.6 is 11.6 Å². The molecule has 1 aromatic heterocycles. The zero-order chi connectivity index (χ0) is 9.54. The highest BCUT2D eigenvalue weighted by Crippen LogP contribution is 2.28. The van der Waals surface area contributed by atoms with Gasteiger partial charge in [0.25, 0.3) is 0 Å². The highest BCUT2D eigenvalue weighted by atomic mass is 35.5. The van der Waals surface area contributed by atoms with Crippen LogP contribution in [0.2, 0.25) is 5.02 Å². The molecule has 1 aliphatic heterocycles. The third kappa shape index (κ3) is 0.974. The summed E-state index contributed by atoms with van der Waals surface area (Å²) in [5, 5.41) is 12.2. The van der Waals surface area contributed by atoms with E-state index in [1.807, 2.05) is 12.1 Å². The lowest BCUT2D eigenvalue weighted by Crippen LogP contribution is -2.13. The summed E-state index contributed by atoms with van der Waals surface area (Å²) >= 11 is 6.11. The molecule has 2 aromatic rings. The summed E-state index contributed by atoms with van der Waals surface area (Å²) in [5.74, 6) is 0.880. The number of para-hydroxylation sites is 1. The number of nitrogens with zero attached hydrogens (tertiary/aromatic N) is 4. The summed E-state index contributed by atoms with van der Waals surface area (Å²) in [7, 11) is 0. The van der Waals surface area contributed by atoms with Crippen LogP contribution in [0.1, 0.15) is 11.4 Å². The first-order valence-electron chi connectivity index (χ1n) is 4.41. The second-order valence-corrected chi connectivity index (χ2v) is 3.66. The first-order valence-corrected chi connectivity index (χ1v) is 4.79. The van der Waals surface area contributed by atoms with Gasteiger partial charge in [0.05, 0.1) is 10.7 Å². The van der Waals surface area contributed by atoms with E-state index < -0.39 is 0 Å². The van der Waals surface area contributed by atoms with Crippen LogP contribution in [0.5, 0.6) is 0 Å². The van der Waals surface area contributed by atoms with Gasteiger partial charge in [-0.15, -0.1) is 5.10 Å². The van der Waals surface area contributed by atoms with Gasteiger partial charge in [-0.3, -0.25) is 0 Å².